The van der Waals surface area contributed by atoms with Crippen LogP contribution in [0, 0.1) is 0 Å². The van der Waals surface area contributed by atoms with E-state index in [1.807, 2.05) is 0 Å². The average Bonchev–Trinajstić information content (AvgIpc) is 2.85. The molecule has 0 aliphatic rings. The number of ketones is 1. The molecule has 0 fully saturated rings. The van der Waals surface area contributed by atoms with Gasteiger partial charge in [0.1, 0.15) is 5.75 Å². The molecule has 0 atom stereocenters. The van der Waals surface area contributed by atoms with Crippen molar-refractivity contribution in [1.82, 2.24) is 0 Å². The van der Waals surface area contributed by atoms with Crippen LogP contribution < -0.4 is 5.32 Å². The molecule has 2 N–H and O–H groups in total. The van der Waals surface area contributed by atoms with Crippen LogP contribution in [0.3, 0.4) is 0 Å². The van der Waals surface area contributed by atoms with Crippen LogP contribution in [0.2, 0.25) is 0 Å². The first-order valence-corrected chi connectivity index (χ1v) is 5.27. The van der Waals surface area contributed by atoms with Gasteiger partial charge in [-0.15, -0.1) is 0 Å². The zero-order valence-corrected chi connectivity index (χ0v) is 9.64. The van der Waals surface area contributed by atoms with E-state index in [4.69, 9.17) is 4.42 Å². The van der Waals surface area contributed by atoms with Crippen LogP contribution in [-0.2, 0) is 0 Å². The number of phenols is 1. The molecule has 2 aromatic rings. The topological polar surface area (TPSA) is 79.5 Å². The highest BCUT2D eigenvalue weighted by Gasteiger charge is 2.11. The first-order chi connectivity index (χ1) is 8.58. The van der Waals surface area contributed by atoms with E-state index in [2.05, 4.69) is 5.32 Å². The largest absolute Gasteiger partial charge is 0.507 e. The summed E-state index contributed by atoms with van der Waals surface area (Å²) < 4.78 is 4.94. The Morgan fingerprint density at radius 1 is 1.28 bits per heavy atom. The highest BCUT2D eigenvalue weighted by Crippen LogP contribution is 2.22. The van der Waals surface area contributed by atoms with Crippen LogP contribution in [0.25, 0.3) is 0 Å². The summed E-state index contributed by atoms with van der Waals surface area (Å²) in [5.74, 6) is -0.632. The summed E-state index contributed by atoms with van der Waals surface area (Å²) >= 11 is 0. The Balaban J connectivity index is 2.22. The first kappa shape index (κ1) is 11.9. The molecule has 0 radical (unpaired) electrons. The highest BCUT2D eigenvalue weighted by atomic mass is 16.3. The molecular formula is C13H11NO4. The van der Waals surface area contributed by atoms with Crippen molar-refractivity contribution in [1.29, 1.82) is 0 Å². The van der Waals surface area contributed by atoms with Gasteiger partial charge in [0.15, 0.2) is 11.5 Å². The van der Waals surface area contributed by atoms with E-state index in [0.29, 0.717) is 5.69 Å². The molecule has 5 nitrogen and oxygen atoms in total. The van der Waals surface area contributed by atoms with E-state index in [1.165, 1.54) is 37.5 Å². The predicted molar refractivity (Wildman–Crippen MR) is 64.8 cm³/mol. The van der Waals surface area contributed by atoms with Crippen LogP contribution in [0.5, 0.6) is 5.75 Å². The number of carbonyl (C=O) groups excluding carboxylic acids is 2. The van der Waals surface area contributed by atoms with Gasteiger partial charge in [0.25, 0.3) is 5.91 Å². The molecule has 0 unspecified atom stereocenters. The number of anilines is 1. The van der Waals surface area contributed by atoms with E-state index in [1.54, 1.807) is 6.07 Å². The number of hydrogen-bond acceptors (Lipinski definition) is 4. The van der Waals surface area contributed by atoms with Crippen molar-refractivity contribution in [3.8, 4) is 5.75 Å². The molecule has 1 aromatic carbocycles. The second-order valence-corrected chi connectivity index (χ2v) is 3.72. The van der Waals surface area contributed by atoms with Crippen molar-refractivity contribution >= 4 is 17.4 Å². The number of aromatic hydroxyl groups is 1. The lowest BCUT2D eigenvalue weighted by Crippen LogP contribution is -2.11. The number of rotatable bonds is 3. The molecule has 1 amide bonds. The second kappa shape index (κ2) is 4.75. The molecule has 0 aliphatic heterocycles. The third-order valence-corrected chi connectivity index (χ3v) is 2.38. The summed E-state index contributed by atoms with van der Waals surface area (Å²) in [5.41, 5.74) is 0.576. The van der Waals surface area contributed by atoms with Crippen molar-refractivity contribution < 1.29 is 19.1 Å². The van der Waals surface area contributed by atoms with Crippen LogP contribution in [0.4, 0.5) is 5.69 Å². The van der Waals surface area contributed by atoms with Crippen LogP contribution in [0.1, 0.15) is 27.8 Å². The van der Waals surface area contributed by atoms with Crippen molar-refractivity contribution in [3.05, 3.63) is 47.9 Å². The molecule has 92 valence electrons. The van der Waals surface area contributed by atoms with Crippen molar-refractivity contribution in [2.45, 2.75) is 6.92 Å². The van der Waals surface area contributed by atoms with Crippen molar-refractivity contribution in [2.24, 2.45) is 0 Å². The fourth-order valence-electron chi connectivity index (χ4n) is 1.50. The fraction of sp³-hybridized carbons (Fsp3) is 0.0769. The molecule has 0 saturated carbocycles. The minimum atomic E-state index is -0.416. The number of phenolic OH excluding ortho intramolecular Hbond substituents is 1. The molecular weight excluding hydrogens is 234 g/mol. The molecule has 0 spiro atoms. The fourth-order valence-corrected chi connectivity index (χ4v) is 1.50. The van der Waals surface area contributed by atoms with Crippen molar-refractivity contribution in [2.75, 3.05) is 5.32 Å². The number of amides is 1. The zero-order valence-electron chi connectivity index (χ0n) is 9.64. The maximum atomic E-state index is 11.7. The molecule has 0 saturated heterocycles. The third kappa shape index (κ3) is 2.40. The Bertz CT molecular complexity index is 587. The molecule has 0 aliphatic carbocycles. The Morgan fingerprint density at radius 2 is 2.06 bits per heavy atom. The Morgan fingerprint density at radius 3 is 2.67 bits per heavy atom. The lowest BCUT2D eigenvalue weighted by molar-refractivity contribution is 0.0991. The molecule has 18 heavy (non-hydrogen) atoms. The Kier molecular flexibility index (Phi) is 3.14. The summed E-state index contributed by atoms with van der Waals surface area (Å²) in [7, 11) is 0. The Labute approximate surface area is 103 Å². The van der Waals surface area contributed by atoms with E-state index in [-0.39, 0.29) is 22.9 Å². The predicted octanol–water partition coefficient (Wildman–Crippen LogP) is 2.44. The zero-order chi connectivity index (χ0) is 13.1. The maximum absolute atomic E-state index is 11.7. The SMILES string of the molecule is CC(=O)c1cc(NC(=O)c2ccco2)ccc1O. The number of Topliss-reactive ketones (excluding diaryl/α,β-unsaturated/α-hetero) is 1. The average molecular weight is 245 g/mol. The van der Waals surface area contributed by atoms with Gasteiger partial charge in [0.05, 0.1) is 11.8 Å². The summed E-state index contributed by atoms with van der Waals surface area (Å²) in [5, 5.41) is 12.0. The summed E-state index contributed by atoms with van der Waals surface area (Å²) in [4.78, 5) is 22.9. The van der Waals surface area contributed by atoms with E-state index < -0.39 is 5.91 Å². The van der Waals surface area contributed by atoms with Gasteiger partial charge < -0.3 is 14.8 Å². The van der Waals surface area contributed by atoms with Gasteiger partial charge in [-0.2, -0.15) is 0 Å². The van der Waals surface area contributed by atoms with Gasteiger partial charge in [0, 0.05) is 5.69 Å². The van der Waals surface area contributed by atoms with Gasteiger partial charge in [-0.05, 0) is 37.3 Å². The van der Waals surface area contributed by atoms with E-state index >= 15 is 0 Å². The number of benzene rings is 1. The number of furan rings is 1. The first-order valence-electron chi connectivity index (χ1n) is 5.27. The van der Waals surface area contributed by atoms with Gasteiger partial charge in [-0.25, -0.2) is 0 Å². The summed E-state index contributed by atoms with van der Waals surface area (Å²) in [6, 6.07) is 7.41. The second-order valence-electron chi connectivity index (χ2n) is 3.72. The minimum absolute atomic E-state index is 0.113. The van der Waals surface area contributed by atoms with Crippen LogP contribution in [0.15, 0.2) is 41.0 Å². The van der Waals surface area contributed by atoms with Gasteiger partial charge in [0.2, 0.25) is 0 Å². The number of hydrogen-bond donors (Lipinski definition) is 2. The summed E-state index contributed by atoms with van der Waals surface area (Å²) in [6.45, 7) is 1.34. The van der Waals surface area contributed by atoms with E-state index in [0.717, 1.165) is 0 Å². The Hall–Kier alpha value is -2.56. The number of carbonyl (C=O) groups is 2. The molecule has 5 heteroatoms. The number of nitrogens with one attached hydrogen (secondary N) is 1. The van der Waals surface area contributed by atoms with E-state index in [9.17, 15) is 14.7 Å². The third-order valence-electron chi connectivity index (χ3n) is 2.38. The minimum Gasteiger partial charge on any atom is -0.507 e. The molecule has 2 rings (SSSR count). The van der Waals surface area contributed by atoms with Crippen LogP contribution >= 0.6 is 0 Å². The van der Waals surface area contributed by atoms with Crippen LogP contribution in [-0.4, -0.2) is 16.8 Å². The molecule has 0 bridgehead atoms. The standard InChI is InChI=1S/C13H11NO4/c1-8(15)10-7-9(4-5-11(10)16)14-13(17)12-3-2-6-18-12/h2-7,16H,1H3,(H,14,17). The lowest BCUT2D eigenvalue weighted by Gasteiger charge is -2.06. The summed E-state index contributed by atoms with van der Waals surface area (Å²) in [6.07, 6.45) is 1.40. The maximum Gasteiger partial charge on any atom is 0.291 e. The van der Waals surface area contributed by atoms with Gasteiger partial charge >= 0.3 is 0 Å². The monoisotopic (exact) mass is 245 g/mol. The quantitative estimate of drug-likeness (QED) is 0.643. The lowest BCUT2D eigenvalue weighted by atomic mass is 10.1. The van der Waals surface area contributed by atoms with Gasteiger partial charge in [-0.1, -0.05) is 0 Å². The molecule has 1 aromatic heterocycles. The normalized spacial score (nSPS) is 10.1. The highest BCUT2D eigenvalue weighted by molar-refractivity contribution is 6.04. The van der Waals surface area contributed by atoms with Crippen molar-refractivity contribution in [3.63, 3.8) is 0 Å². The van der Waals surface area contributed by atoms with Gasteiger partial charge in [-0.3, -0.25) is 9.59 Å². The molecule has 1 heterocycles. The smallest absolute Gasteiger partial charge is 0.291 e.